The molecule has 0 saturated heterocycles. The zero-order valence-electron chi connectivity index (χ0n) is 18.0. The Morgan fingerprint density at radius 3 is 2.65 bits per heavy atom. The van der Waals surface area contributed by atoms with Gasteiger partial charge in [0.15, 0.2) is 11.5 Å². The molecule has 0 aliphatic carbocycles. The Hall–Kier alpha value is -3.07. The largest absolute Gasteiger partial charge is 0.454 e. The molecule has 0 radical (unpaired) electrons. The van der Waals surface area contributed by atoms with Crippen molar-refractivity contribution in [1.29, 1.82) is 0 Å². The number of fused-ring (bicyclic) bond motifs is 2. The third kappa shape index (κ3) is 5.16. The molecule has 0 unspecified atom stereocenters. The summed E-state index contributed by atoms with van der Waals surface area (Å²) in [6, 6.07) is 3.40. The second kappa shape index (κ2) is 10.3. The van der Waals surface area contributed by atoms with Crippen LogP contribution in [-0.2, 0) is 11.3 Å². The first-order valence-corrected chi connectivity index (χ1v) is 10.6. The van der Waals surface area contributed by atoms with E-state index in [4.69, 9.17) is 14.6 Å². The summed E-state index contributed by atoms with van der Waals surface area (Å²) in [5.41, 5.74) is 0.450. The number of hydrogen-bond donors (Lipinski definition) is 2. The van der Waals surface area contributed by atoms with Crippen molar-refractivity contribution in [2.75, 3.05) is 33.5 Å². The zero-order valence-corrected chi connectivity index (χ0v) is 18.0. The fourth-order valence-corrected chi connectivity index (χ4v) is 3.54. The van der Waals surface area contributed by atoms with Gasteiger partial charge in [0, 0.05) is 45.4 Å². The van der Waals surface area contributed by atoms with Crippen LogP contribution in [0.1, 0.15) is 43.0 Å². The average molecular weight is 431 g/mol. The van der Waals surface area contributed by atoms with Gasteiger partial charge in [-0.3, -0.25) is 14.4 Å². The summed E-state index contributed by atoms with van der Waals surface area (Å²) >= 11 is 0. The van der Waals surface area contributed by atoms with Crippen LogP contribution in [0, 0.1) is 0 Å². The van der Waals surface area contributed by atoms with E-state index < -0.39 is 5.91 Å². The van der Waals surface area contributed by atoms with E-state index in [-0.39, 0.29) is 30.3 Å². The lowest BCUT2D eigenvalue weighted by molar-refractivity contribution is -0.130. The van der Waals surface area contributed by atoms with Crippen molar-refractivity contribution in [3.63, 3.8) is 0 Å². The smallest absolute Gasteiger partial charge is 0.256 e. The van der Waals surface area contributed by atoms with Gasteiger partial charge in [-0.2, -0.15) is 0 Å². The Morgan fingerprint density at radius 2 is 1.94 bits per heavy atom. The lowest BCUT2D eigenvalue weighted by atomic mass is 10.1. The highest BCUT2D eigenvalue weighted by molar-refractivity contribution is 5.97. The van der Waals surface area contributed by atoms with Gasteiger partial charge < -0.3 is 29.4 Å². The number of ether oxygens (including phenoxy) is 2. The van der Waals surface area contributed by atoms with E-state index >= 15 is 0 Å². The second-order valence-corrected chi connectivity index (χ2v) is 7.49. The third-order valence-corrected chi connectivity index (χ3v) is 5.37. The molecule has 1 aromatic heterocycles. The summed E-state index contributed by atoms with van der Waals surface area (Å²) in [5.74, 6) is 0.678. The molecule has 0 atom stereocenters. The number of nitrogens with one attached hydrogen (secondary N) is 1. The Bertz CT molecular complexity index is 1020. The molecule has 0 fully saturated rings. The molecule has 9 heteroatoms. The molecule has 168 valence electrons. The predicted molar refractivity (Wildman–Crippen MR) is 116 cm³/mol. The highest BCUT2D eigenvalue weighted by atomic mass is 16.7. The molecule has 31 heavy (non-hydrogen) atoms. The van der Waals surface area contributed by atoms with Crippen molar-refractivity contribution in [2.24, 2.45) is 0 Å². The van der Waals surface area contributed by atoms with Gasteiger partial charge in [-0.05, 0) is 25.8 Å². The van der Waals surface area contributed by atoms with Gasteiger partial charge >= 0.3 is 0 Å². The van der Waals surface area contributed by atoms with Gasteiger partial charge in [-0.15, -0.1) is 0 Å². The number of likely N-dealkylation sites (N-methyl/N-ethyl adjacent to an activating group) is 1. The van der Waals surface area contributed by atoms with E-state index in [1.165, 1.54) is 4.90 Å². The maximum absolute atomic E-state index is 12.9. The quantitative estimate of drug-likeness (QED) is 0.552. The number of nitrogens with zero attached hydrogens (tertiary/aromatic N) is 2. The molecule has 2 N–H and O–H groups in total. The van der Waals surface area contributed by atoms with E-state index in [9.17, 15) is 14.4 Å². The molecule has 2 amide bonds. The number of aliphatic hydroxyl groups excluding tert-OH is 1. The highest BCUT2D eigenvalue weighted by Gasteiger charge is 2.20. The van der Waals surface area contributed by atoms with Crippen molar-refractivity contribution < 1.29 is 24.2 Å². The van der Waals surface area contributed by atoms with Crippen molar-refractivity contribution in [1.82, 2.24) is 14.8 Å². The number of benzene rings is 1. The number of carbonyl (C=O) groups is 2. The normalized spacial score (nSPS) is 12.2. The Labute approximate surface area is 180 Å². The Kier molecular flexibility index (Phi) is 7.51. The Morgan fingerprint density at radius 1 is 1.19 bits per heavy atom. The van der Waals surface area contributed by atoms with E-state index in [1.807, 2.05) is 11.5 Å². The SMILES string of the molecule is CCn1cc(C(=O)NCCCCCC(=O)N(C)CCO)c(=O)c2cc3c(cc21)OCO3. The average Bonchev–Trinajstić information content (AvgIpc) is 3.22. The van der Waals surface area contributed by atoms with Crippen LogP contribution in [0.3, 0.4) is 0 Å². The molecule has 1 aromatic carbocycles. The van der Waals surface area contributed by atoms with E-state index in [0.29, 0.717) is 61.3 Å². The van der Waals surface area contributed by atoms with Crippen molar-refractivity contribution in [2.45, 2.75) is 39.2 Å². The number of amides is 2. The van der Waals surface area contributed by atoms with Crippen LogP contribution < -0.4 is 20.2 Å². The van der Waals surface area contributed by atoms with Crippen LogP contribution in [0.15, 0.2) is 23.1 Å². The summed E-state index contributed by atoms with van der Waals surface area (Å²) in [6.45, 7) is 3.35. The fourth-order valence-electron chi connectivity index (χ4n) is 3.54. The molecule has 0 saturated carbocycles. The number of aromatic nitrogens is 1. The summed E-state index contributed by atoms with van der Waals surface area (Å²) < 4.78 is 12.6. The van der Waals surface area contributed by atoms with Crippen LogP contribution in [-0.4, -0.2) is 59.9 Å². The van der Waals surface area contributed by atoms with Crippen LogP contribution in [0.2, 0.25) is 0 Å². The minimum absolute atomic E-state index is 0.00442. The van der Waals surface area contributed by atoms with Crippen LogP contribution in [0.5, 0.6) is 11.5 Å². The van der Waals surface area contributed by atoms with Crippen molar-refractivity contribution in [3.8, 4) is 11.5 Å². The number of carbonyl (C=O) groups excluding carboxylic acids is 2. The molecule has 1 aliphatic rings. The van der Waals surface area contributed by atoms with Crippen LogP contribution in [0.4, 0.5) is 0 Å². The number of aliphatic hydroxyl groups is 1. The minimum atomic E-state index is -0.412. The summed E-state index contributed by atoms with van der Waals surface area (Å²) in [6.07, 6.45) is 4.18. The van der Waals surface area contributed by atoms with Crippen molar-refractivity contribution in [3.05, 3.63) is 34.1 Å². The molecular weight excluding hydrogens is 402 g/mol. The van der Waals surface area contributed by atoms with Gasteiger partial charge in [0.1, 0.15) is 5.56 Å². The van der Waals surface area contributed by atoms with Gasteiger partial charge in [-0.25, -0.2) is 0 Å². The van der Waals surface area contributed by atoms with Gasteiger partial charge in [0.25, 0.3) is 5.91 Å². The summed E-state index contributed by atoms with van der Waals surface area (Å²) in [4.78, 5) is 38.9. The standard InChI is InChI=1S/C22H29N3O6/c1-3-25-13-16(21(28)15-11-18-19(12-17(15)25)31-14-30-18)22(29)23-8-6-4-5-7-20(27)24(2)9-10-26/h11-13,26H,3-10,14H2,1-2H3,(H,23,29). The molecule has 2 heterocycles. The molecule has 0 bridgehead atoms. The van der Waals surface area contributed by atoms with Crippen molar-refractivity contribution >= 4 is 22.7 Å². The summed E-state index contributed by atoms with van der Waals surface area (Å²) in [5, 5.41) is 12.1. The van der Waals surface area contributed by atoms with E-state index in [0.717, 1.165) is 6.42 Å². The fraction of sp³-hybridized carbons (Fsp3) is 0.500. The molecule has 9 nitrogen and oxygen atoms in total. The van der Waals surface area contributed by atoms with E-state index in [1.54, 1.807) is 25.4 Å². The minimum Gasteiger partial charge on any atom is -0.454 e. The number of rotatable bonds is 10. The van der Waals surface area contributed by atoms with Crippen LogP contribution in [0.25, 0.3) is 10.9 Å². The Balaban J connectivity index is 1.59. The monoisotopic (exact) mass is 431 g/mol. The maximum Gasteiger partial charge on any atom is 0.256 e. The predicted octanol–water partition coefficient (Wildman–Crippen LogP) is 1.49. The number of hydrogen-bond acceptors (Lipinski definition) is 6. The maximum atomic E-state index is 12.9. The second-order valence-electron chi connectivity index (χ2n) is 7.49. The molecule has 3 rings (SSSR count). The topological polar surface area (TPSA) is 110 Å². The van der Waals surface area contributed by atoms with Gasteiger partial charge in [0.2, 0.25) is 18.1 Å². The van der Waals surface area contributed by atoms with Gasteiger partial charge in [0.05, 0.1) is 17.5 Å². The van der Waals surface area contributed by atoms with E-state index in [2.05, 4.69) is 5.32 Å². The first-order chi connectivity index (χ1) is 15.0. The molecular formula is C22H29N3O6. The number of aryl methyl sites for hydroxylation is 1. The first kappa shape index (κ1) is 22.6. The first-order valence-electron chi connectivity index (χ1n) is 10.6. The number of unbranched alkanes of at least 4 members (excludes halogenated alkanes) is 2. The third-order valence-electron chi connectivity index (χ3n) is 5.37. The lowest BCUT2D eigenvalue weighted by Gasteiger charge is -2.15. The molecule has 2 aromatic rings. The molecule has 1 aliphatic heterocycles. The lowest BCUT2D eigenvalue weighted by Crippen LogP contribution is -2.30. The molecule has 0 spiro atoms. The zero-order chi connectivity index (χ0) is 22.4. The van der Waals surface area contributed by atoms with Crippen LogP contribution >= 0.6 is 0 Å². The summed E-state index contributed by atoms with van der Waals surface area (Å²) in [7, 11) is 1.67. The number of pyridine rings is 1. The highest BCUT2D eigenvalue weighted by Crippen LogP contribution is 2.35. The van der Waals surface area contributed by atoms with Gasteiger partial charge in [-0.1, -0.05) is 6.42 Å².